The number of esters is 1. The number of aliphatic hydroxyl groups is 1. The molecule has 0 spiro atoms. The van der Waals surface area contributed by atoms with Crippen molar-refractivity contribution in [1.29, 1.82) is 0 Å². The summed E-state index contributed by atoms with van der Waals surface area (Å²) in [6.07, 6.45) is 0.543. The molecule has 0 atom stereocenters. The largest absolute Gasteiger partial charge is 0.465 e. The van der Waals surface area contributed by atoms with Gasteiger partial charge in [0.2, 0.25) is 5.91 Å². The number of amides is 1. The van der Waals surface area contributed by atoms with Gasteiger partial charge in [-0.2, -0.15) is 0 Å². The van der Waals surface area contributed by atoms with Crippen molar-refractivity contribution >= 4 is 17.6 Å². The molecule has 0 aliphatic rings. The number of carbonyl (C=O) groups is 2. The highest BCUT2D eigenvalue weighted by atomic mass is 16.5. The zero-order valence-corrected chi connectivity index (χ0v) is 18.1. The number of nitrogens with one attached hydrogen (secondary N) is 1. The van der Waals surface area contributed by atoms with Crippen molar-refractivity contribution < 1.29 is 19.4 Å². The van der Waals surface area contributed by atoms with Crippen LogP contribution >= 0.6 is 0 Å². The number of methoxy groups -OCH3 is 1. The number of benzene rings is 3. The number of aliphatic hydroxyl groups excluding tert-OH is 1. The van der Waals surface area contributed by atoms with E-state index >= 15 is 0 Å². The monoisotopic (exact) mass is 432 g/mol. The lowest BCUT2D eigenvalue weighted by molar-refractivity contribution is -0.117. The second kappa shape index (κ2) is 11.8. The lowest BCUT2D eigenvalue weighted by Gasteiger charge is -2.32. The van der Waals surface area contributed by atoms with Gasteiger partial charge in [-0.05, 0) is 35.7 Å². The van der Waals surface area contributed by atoms with Crippen LogP contribution in [0.15, 0.2) is 84.9 Å². The predicted molar refractivity (Wildman–Crippen MR) is 124 cm³/mol. The molecular formula is C26H28N2O4. The Morgan fingerprint density at radius 3 is 2.12 bits per heavy atom. The van der Waals surface area contributed by atoms with E-state index < -0.39 is 5.97 Å². The first-order valence-electron chi connectivity index (χ1n) is 10.6. The van der Waals surface area contributed by atoms with Crippen LogP contribution in [0.2, 0.25) is 0 Å². The Morgan fingerprint density at radius 1 is 0.938 bits per heavy atom. The minimum atomic E-state index is -0.459. The first-order chi connectivity index (χ1) is 15.6. The van der Waals surface area contributed by atoms with Crippen LogP contribution in [0.3, 0.4) is 0 Å². The van der Waals surface area contributed by atoms with Gasteiger partial charge in [-0.3, -0.25) is 9.69 Å². The molecule has 32 heavy (non-hydrogen) atoms. The van der Waals surface area contributed by atoms with Crippen molar-refractivity contribution in [1.82, 2.24) is 4.90 Å². The summed E-state index contributed by atoms with van der Waals surface area (Å²) in [5.74, 6) is -0.666. The topological polar surface area (TPSA) is 78.9 Å². The van der Waals surface area contributed by atoms with Crippen molar-refractivity contribution in [2.75, 3.05) is 32.1 Å². The second-order valence-corrected chi connectivity index (χ2v) is 7.39. The van der Waals surface area contributed by atoms with E-state index in [9.17, 15) is 14.7 Å². The van der Waals surface area contributed by atoms with E-state index in [1.54, 1.807) is 24.3 Å². The number of carbonyl (C=O) groups excluding carboxylic acids is 2. The van der Waals surface area contributed by atoms with Gasteiger partial charge in [0.1, 0.15) is 0 Å². The third-order valence-electron chi connectivity index (χ3n) is 5.11. The van der Waals surface area contributed by atoms with Crippen molar-refractivity contribution in [3.8, 4) is 0 Å². The van der Waals surface area contributed by atoms with E-state index in [0.717, 1.165) is 11.1 Å². The quantitative estimate of drug-likeness (QED) is 0.475. The fraction of sp³-hybridized carbons (Fsp3) is 0.231. The van der Waals surface area contributed by atoms with Gasteiger partial charge in [0.15, 0.2) is 0 Å². The Morgan fingerprint density at radius 2 is 1.56 bits per heavy atom. The molecule has 166 valence electrons. The van der Waals surface area contributed by atoms with Crippen LogP contribution in [-0.4, -0.2) is 48.7 Å². The minimum Gasteiger partial charge on any atom is -0.465 e. The third-order valence-corrected chi connectivity index (χ3v) is 5.11. The zero-order valence-electron chi connectivity index (χ0n) is 18.1. The molecule has 0 aliphatic heterocycles. The van der Waals surface area contributed by atoms with Gasteiger partial charge >= 0.3 is 5.97 Å². The first-order valence-corrected chi connectivity index (χ1v) is 10.6. The average molecular weight is 433 g/mol. The van der Waals surface area contributed by atoms with Gasteiger partial charge in [0, 0.05) is 18.8 Å². The smallest absolute Gasteiger partial charge is 0.337 e. The van der Waals surface area contributed by atoms with E-state index in [1.807, 2.05) is 60.7 Å². The Hall–Kier alpha value is -3.48. The lowest BCUT2D eigenvalue weighted by Crippen LogP contribution is -2.38. The molecule has 6 nitrogen and oxygen atoms in total. The summed E-state index contributed by atoms with van der Waals surface area (Å²) in [4.78, 5) is 26.8. The molecule has 0 bridgehead atoms. The molecule has 0 saturated heterocycles. The lowest BCUT2D eigenvalue weighted by atomic mass is 9.96. The molecule has 3 aromatic rings. The molecule has 0 fully saturated rings. The standard InChI is InChI=1S/C26H28N2O4/c1-32-26(31)22-14-8-15-23(18-22)27-24(30)19-28(16-9-17-29)25(20-10-4-2-5-11-20)21-12-6-3-7-13-21/h2-8,10-15,18,25,29H,9,16-17,19H2,1H3,(H,27,30). The van der Waals surface area contributed by atoms with Crippen molar-refractivity contribution in [3.63, 3.8) is 0 Å². The highest BCUT2D eigenvalue weighted by Gasteiger charge is 2.24. The molecule has 0 radical (unpaired) electrons. The van der Waals surface area contributed by atoms with Gasteiger partial charge in [0.25, 0.3) is 0 Å². The van der Waals surface area contributed by atoms with Crippen molar-refractivity contribution in [2.24, 2.45) is 0 Å². The van der Waals surface area contributed by atoms with Crippen molar-refractivity contribution in [2.45, 2.75) is 12.5 Å². The van der Waals surface area contributed by atoms with E-state index in [2.05, 4.69) is 10.2 Å². The Labute approximate surface area is 188 Å². The van der Waals surface area contributed by atoms with Gasteiger partial charge in [-0.15, -0.1) is 0 Å². The van der Waals surface area contributed by atoms with Crippen LogP contribution in [0, 0.1) is 0 Å². The predicted octanol–water partition coefficient (Wildman–Crippen LogP) is 3.89. The molecule has 3 rings (SSSR count). The summed E-state index contributed by atoms with van der Waals surface area (Å²) in [5, 5.41) is 12.3. The van der Waals surface area contributed by atoms with Crippen LogP contribution < -0.4 is 5.32 Å². The van der Waals surface area contributed by atoms with Crippen LogP contribution in [-0.2, 0) is 9.53 Å². The van der Waals surface area contributed by atoms with E-state index in [-0.39, 0.29) is 25.1 Å². The highest BCUT2D eigenvalue weighted by Crippen LogP contribution is 2.28. The van der Waals surface area contributed by atoms with Gasteiger partial charge in [0.05, 0.1) is 25.3 Å². The Balaban J connectivity index is 1.84. The SMILES string of the molecule is COC(=O)c1cccc(NC(=O)CN(CCCO)C(c2ccccc2)c2ccccc2)c1. The fourth-order valence-electron chi connectivity index (χ4n) is 3.68. The van der Waals surface area contributed by atoms with Crippen LogP contribution in [0.4, 0.5) is 5.69 Å². The number of hydrogen-bond donors (Lipinski definition) is 2. The molecule has 0 unspecified atom stereocenters. The van der Waals surface area contributed by atoms with E-state index in [4.69, 9.17) is 4.74 Å². The molecule has 0 heterocycles. The molecule has 0 saturated carbocycles. The third kappa shape index (κ3) is 6.26. The summed E-state index contributed by atoms with van der Waals surface area (Å²) in [7, 11) is 1.32. The normalized spacial score (nSPS) is 10.9. The van der Waals surface area contributed by atoms with Crippen LogP contribution in [0.1, 0.15) is 33.9 Å². The van der Waals surface area contributed by atoms with Crippen LogP contribution in [0.5, 0.6) is 0 Å². The first kappa shape index (κ1) is 23.2. The number of nitrogens with zero attached hydrogens (tertiary/aromatic N) is 1. The van der Waals surface area contributed by atoms with Gasteiger partial charge < -0.3 is 15.2 Å². The molecule has 0 aromatic heterocycles. The van der Waals surface area contributed by atoms with Crippen molar-refractivity contribution in [3.05, 3.63) is 102 Å². The summed E-state index contributed by atoms with van der Waals surface area (Å²) in [6.45, 7) is 0.701. The molecule has 1 amide bonds. The Kier molecular flexibility index (Phi) is 8.54. The van der Waals surface area contributed by atoms with E-state index in [0.29, 0.717) is 24.2 Å². The molecule has 0 aliphatic carbocycles. The van der Waals surface area contributed by atoms with Gasteiger partial charge in [-0.1, -0.05) is 66.7 Å². The maximum atomic E-state index is 13.0. The van der Waals surface area contributed by atoms with Crippen LogP contribution in [0.25, 0.3) is 0 Å². The number of rotatable bonds is 10. The molecule has 3 aromatic carbocycles. The highest BCUT2D eigenvalue weighted by molar-refractivity contribution is 5.95. The molecule has 2 N–H and O–H groups in total. The van der Waals surface area contributed by atoms with Gasteiger partial charge in [-0.25, -0.2) is 4.79 Å². The fourth-order valence-corrected chi connectivity index (χ4v) is 3.68. The molecular weight excluding hydrogens is 404 g/mol. The summed E-state index contributed by atoms with van der Waals surface area (Å²) < 4.78 is 4.75. The maximum Gasteiger partial charge on any atom is 0.337 e. The number of ether oxygens (including phenoxy) is 1. The average Bonchev–Trinajstić information content (AvgIpc) is 2.83. The minimum absolute atomic E-state index is 0.0373. The summed E-state index contributed by atoms with van der Waals surface area (Å²) in [5.41, 5.74) is 3.03. The number of anilines is 1. The van der Waals surface area contributed by atoms with E-state index in [1.165, 1.54) is 7.11 Å². The summed E-state index contributed by atoms with van der Waals surface area (Å²) in [6, 6.07) is 26.5. The number of hydrogen-bond acceptors (Lipinski definition) is 5. The Bertz CT molecular complexity index is 969. The zero-order chi connectivity index (χ0) is 22.8. The molecule has 6 heteroatoms. The summed E-state index contributed by atoms with van der Waals surface area (Å²) >= 11 is 0. The maximum absolute atomic E-state index is 13.0. The second-order valence-electron chi connectivity index (χ2n) is 7.39.